The van der Waals surface area contributed by atoms with E-state index in [9.17, 15) is 4.79 Å². The van der Waals surface area contributed by atoms with Crippen molar-refractivity contribution in [2.75, 3.05) is 0 Å². The molecule has 2 heterocycles. The molecule has 4 rings (SSSR count). The van der Waals surface area contributed by atoms with Gasteiger partial charge in [0.2, 0.25) is 0 Å². The summed E-state index contributed by atoms with van der Waals surface area (Å²) < 4.78 is 1.86. The molecule has 0 spiro atoms. The molecule has 0 aliphatic rings. The number of hydrogen-bond acceptors (Lipinski definition) is 4. The molecule has 0 fully saturated rings. The van der Waals surface area contributed by atoms with Crippen molar-refractivity contribution in [3.63, 3.8) is 0 Å². The summed E-state index contributed by atoms with van der Waals surface area (Å²) in [5, 5.41) is 12.3. The number of aromatic amines is 1. The molecule has 0 saturated heterocycles. The fourth-order valence-electron chi connectivity index (χ4n) is 3.13. The smallest absolute Gasteiger partial charge is 0.272 e. The van der Waals surface area contributed by atoms with Crippen LogP contribution in [0.1, 0.15) is 5.69 Å². The van der Waals surface area contributed by atoms with Gasteiger partial charge in [-0.3, -0.25) is 9.48 Å². The van der Waals surface area contributed by atoms with Gasteiger partial charge in [0.1, 0.15) is 0 Å². The van der Waals surface area contributed by atoms with Crippen LogP contribution in [0.3, 0.4) is 0 Å². The first kappa shape index (κ1) is 15.3. The van der Waals surface area contributed by atoms with Crippen molar-refractivity contribution in [2.45, 2.75) is 6.54 Å². The molecular formula is C19H17N5O. The molecule has 2 aromatic carbocycles. The van der Waals surface area contributed by atoms with Gasteiger partial charge >= 0.3 is 0 Å². The molecule has 0 unspecified atom stereocenters. The molecule has 6 heteroatoms. The highest BCUT2D eigenvalue weighted by Crippen LogP contribution is 2.33. The van der Waals surface area contributed by atoms with Gasteiger partial charge in [0.25, 0.3) is 5.56 Å². The Bertz CT molecular complexity index is 1110. The molecule has 0 amide bonds. The van der Waals surface area contributed by atoms with Gasteiger partial charge in [0, 0.05) is 30.1 Å². The Morgan fingerprint density at radius 1 is 1.08 bits per heavy atom. The number of H-pyrrole nitrogens is 1. The Kier molecular flexibility index (Phi) is 3.66. The van der Waals surface area contributed by atoms with Crippen molar-refractivity contribution in [3.05, 3.63) is 70.8 Å². The van der Waals surface area contributed by atoms with Gasteiger partial charge in [0.15, 0.2) is 0 Å². The normalized spacial score (nSPS) is 11.1. The standard InChI is InChI=1S/C19H17N5O/c1-24-18(12-5-3-2-4-6-12)16(11-21-24)13-7-8-14-15(9-13)17(10-20)22-23-19(14)25/h2-9,11H,10,20H2,1H3,(H,23,25). The van der Waals surface area contributed by atoms with E-state index in [0.717, 1.165) is 27.8 Å². The van der Waals surface area contributed by atoms with Gasteiger partial charge in [-0.25, -0.2) is 5.10 Å². The summed E-state index contributed by atoms with van der Waals surface area (Å²) in [6, 6.07) is 15.8. The van der Waals surface area contributed by atoms with Gasteiger partial charge in [0.05, 0.1) is 23.0 Å². The third-order valence-electron chi connectivity index (χ3n) is 4.36. The summed E-state index contributed by atoms with van der Waals surface area (Å²) in [5.74, 6) is 0. The maximum Gasteiger partial charge on any atom is 0.272 e. The zero-order valence-electron chi connectivity index (χ0n) is 13.7. The van der Waals surface area contributed by atoms with E-state index in [2.05, 4.69) is 27.4 Å². The Balaban J connectivity index is 1.96. The molecule has 2 aromatic heterocycles. The molecule has 0 atom stereocenters. The second kappa shape index (κ2) is 5.99. The minimum atomic E-state index is -0.215. The van der Waals surface area contributed by atoms with Crippen molar-refractivity contribution < 1.29 is 0 Å². The Morgan fingerprint density at radius 3 is 2.64 bits per heavy atom. The highest BCUT2D eigenvalue weighted by atomic mass is 16.1. The second-order valence-electron chi connectivity index (χ2n) is 5.86. The summed E-state index contributed by atoms with van der Waals surface area (Å²) >= 11 is 0. The van der Waals surface area contributed by atoms with Gasteiger partial charge < -0.3 is 5.73 Å². The molecular weight excluding hydrogens is 314 g/mol. The van der Waals surface area contributed by atoms with E-state index < -0.39 is 0 Å². The second-order valence-corrected chi connectivity index (χ2v) is 5.86. The van der Waals surface area contributed by atoms with Gasteiger partial charge in [-0.1, -0.05) is 36.4 Å². The first-order valence-electron chi connectivity index (χ1n) is 7.98. The highest BCUT2D eigenvalue weighted by molar-refractivity contribution is 5.91. The largest absolute Gasteiger partial charge is 0.325 e. The minimum absolute atomic E-state index is 0.215. The average molecular weight is 331 g/mol. The molecule has 4 aromatic rings. The topological polar surface area (TPSA) is 89.6 Å². The highest BCUT2D eigenvalue weighted by Gasteiger charge is 2.14. The Morgan fingerprint density at radius 2 is 1.88 bits per heavy atom. The van der Waals surface area contributed by atoms with E-state index in [4.69, 9.17) is 5.73 Å². The minimum Gasteiger partial charge on any atom is -0.325 e. The Hall–Kier alpha value is -3.25. The van der Waals surface area contributed by atoms with Crippen molar-refractivity contribution in [3.8, 4) is 22.4 Å². The average Bonchev–Trinajstić information content (AvgIpc) is 3.04. The van der Waals surface area contributed by atoms with Crippen molar-refractivity contribution >= 4 is 10.8 Å². The number of nitrogens with zero attached hydrogens (tertiary/aromatic N) is 3. The lowest BCUT2D eigenvalue weighted by Gasteiger charge is -2.09. The van der Waals surface area contributed by atoms with E-state index in [0.29, 0.717) is 11.1 Å². The maximum absolute atomic E-state index is 12.0. The van der Waals surface area contributed by atoms with E-state index >= 15 is 0 Å². The van der Waals surface area contributed by atoms with Crippen molar-refractivity contribution in [1.82, 2.24) is 20.0 Å². The van der Waals surface area contributed by atoms with Gasteiger partial charge in [-0.2, -0.15) is 10.2 Å². The molecule has 6 nitrogen and oxygen atoms in total. The monoisotopic (exact) mass is 331 g/mol. The quantitative estimate of drug-likeness (QED) is 0.603. The third-order valence-corrected chi connectivity index (χ3v) is 4.36. The van der Waals surface area contributed by atoms with Crippen molar-refractivity contribution in [2.24, 2.45) is 12.8 Å². The van der Waals surface area contributed by atoms with Crippen molar-refractivity contribution in [1.29, 1.82) is 0 Å². The molecule has 124 valence electrons. The first-order chi connectivity index (χ1) is 12.2. The zero-order valence-corrected chi connectivity index (χ0v) is 13.7. The summed E-state index contributed by atoms with van der Waals surface area (Å²) in [7, 11) is 1.92. The predicted molar refractivity (Wildman–Crippen MR) is 97.9 cm³/mol. The van der Waals surface area contributed by atoms with Crippen LogP contribution < -0.4 is 11.3 Å². The Labute approximate surface area is 143 Å². The molecule has 0 bridgehead atoms. The number of nitrogens with one attached hydrogen (secondary N) is 1. The van der Waals surface area contributed by atoms with Crippen LogP contribution in [0.5, 0.6) is 0 Å². The number of nitrogens with two attached hydrogens (primary N) is 1. The van der Waals surface area contributed by atoms with Crippen LogP contribution in [0, 0.1) is 0 Å². The van der Waals surface area contributed by atoms with Crippen LogP contribution in [-0.4, -0.2) is 20.0 Å². The lowest BCUT2D eigenvalue weighted by Crippen LogP contribution is -2.13. The zero-order chi connectivity index (χ0) is 17.4. The lowest BCUT2D eigenvalue weighted by molar-refractivity contribution is 0.776. The fourth-order valence-corrected chi connectivity index (χ4v) is 3.13. The molecule has 0 aliphatic heterocycles. The van der Waals surface area contributed by atoms with E-state index in [1.54, 1.807) is 0 Å². The molecule has 25 heavy (non-hydrogen) atoms. The third kappa shape index (κ3) is 2.53. The van der Waals surface area contributed by atoms with Crippen LogP contribution >= 0.6 is 0 Å². The van der Waals surface area contributed by atoms with E-state index in [1.165, 1.54) is 0 Å². The summed E-state index contributed by atoms with van der Waals surface area (Å²) in [5.41, 5.74) is 10.3. The number of aromatic nitrogens is 4. The van der Waals surface area contributed by atoms with E-state index in [-0.39, 0.29) is 12.1 Å². The summed E-state index contributed by atoms with van der Waals surface area (Å²) in [6.45, 7) is 0.259. The van der Waals surface area contributed by atoms with Crippen LogP contribution in [0.25, 0.3) is 33.2 Å². The molecule has 0 aliphatic carbocycles. The van der Waals surface area contributed by atoms with E-state index in [1.807, 2.05) is 54.3 Å². The predicted octanol–water partition coefficient (Wildman–Crippen LogP) is 2.45. The SMILES string of the molecule is Cn1ncc(-c2ccc3c(=O)[nH]nc(CN)c3c2)c1-c1ccccc1. The number of aryl methyl sites for hydroxylation is 1. The lowest BCUT2D eigenvalue weighted by atomic mass is 9.99. The van der Waals surface area contributed by atoms with Crippen LogP contribution in [-0.2, 0) is 13.6 Å². The molecule has 0 radical (unpaired) electrons. The number of benzene rings is 2. The number of rotatable bonds is 3. The summed E-state index contributed by atoms with van der Waals surface area (Å²) in [4.78, 5) is 12.0. The summed E-state index contributed by atoms with van der Waals surface area (Å²) in [6.07, 6.45) is 1.84. The number of fused-ring (bicyclic) bond motifs is 1. The van der Waals surface area contributed by atoms with Crippen LogP contribution in [0.4, 0.5) is 0 Å². The first-order valence-corrected chi connectivity index (χ1v) is 7.98. The van der Waals surface area contributed by atoms with Gasteiger partial charge in [-0.15, -0.1) is 0 Å². The van der Waals surface area contributed by atoms with Crippen LogP contribution in [0.2, 0.25) is 0 Å². The van der Waals surface area contributed by atoms with Gasteiger partial charge in [-0.05, 0) is 17.7 Å². The molecule has 0 saturated carbocycles. The maximum atomic E-state index is 12.0. The fraction of sp³-hybridized carbons (Fsp3) is 0.105. The van der Waals surface area contributed by atoms with Crippen LogP contribution in [0.15, 0.2) is 59.5 Å². The number of hydrogen-bond donors (Lipinski definition) is 2. The molecule has 3 N–H and O–H groups in total.